The van der Waals surface area contributed by atoms with E-state index in [9.17, 15) is 14.0 Å². The molecule has 2 N–H and O–H groups in total. The van der Waals surface area contributed by atoms with Gasteiger partial charge in [-0.1, -0.05) is 26.0 Å². The molecule has 0 saturated carbocycles. The molecule has 3 rings (SSSR count). The molecule has 2 heterocycles. The van der Waals surface area contributed by atoms with Crippen molar-refractivity contribution in [3.8, 4) is 0 Å². The molecule has 8 heteroatoms. The number of benzene rings is 1. The topological polar surface area (TPSA) is 87.3 Å². The van der Waals surface area contributed by atoms with Gasteiger partial charge < -0.3 is 10.1 Å². The normalized spacial score (nSPS) is 18.8. The van der Waals surface area contributed by atoms with Crippen LogP contribution < -0.4 is 5.32 Å². The van der Waals surface area contributed by atoms with E-state index in [0.717, 1.165) is 11.3 Å². The summed E-state index contributed by atoms with van der Waals surface area (Å²) < 4.78 is 19.4. The summed E-state index contributed by atoms with van der Waals surface area (Å²) in [6.07, 6.45) is -1.19. The van der Waals surface area contributed by atoms with Gasteiger partial charge in [-0.3, -0.25) is 14.8 Å². The lowest BCUT2D eigenvalue weighted by Gasteiger charge is -2.44. The molecule has 1 aromatic heterocycles. The number of rotatable bonds is 5. The lowest BCUT2D eigenvalue weighted by Crippen LogP contribution is -2.62. The number of likely N-dealkylation sites (tertiary alicyclic amines) is 1. The van der Waals surface area contributed by atoms with Crippen molar-refractivity contribution in [3.05, 3.63) is 47.3 Å². The Labute approximate surface area is 176 Å². The molecule has 0 unspecified atom stereocenters. The second kappa shape index (κ2) is 8.45. The lowest BCUT2D eigenvalue weighted by atomic mass is 9.94. The van der Waals surface area contributed by atoms with Crippen molar-refractivity contribution in [3.63, 3.8) is 0 Å². The minimum absolute atomic E-state index is 0.0513. The second-order valence-corrected chi connectivity index (χ2v) is 8.93. The smallest absolute Gasteiger partial charge is 0.410 e. The summed E-state index contributed by atoms with van der Waals surface area (Å²) in [7, 11) is 0. The first-order valence-electron chi connectivity index (χ1n) is 10.1. The van der Waals surface area contributed by atoms with E-state index in [0.29, 0.717) is 17.8 Å². The largest absolute Gasteiger partial charge is 0.444 e. The quantitative estimate of drug-likeness (QED) is 0.761. The molecule has 7 nitrogen and oxygen atoms in total. The molecule has 162 valence electrons. The van der Waals surface area contributed by atoms with Gasteiger partial charge in [0.15, 0.2) is 5.69 Å². The van der Waals surface area contributed by atoms with Crippen molar-refractivity contribution in [2.45, 2.75) is 64.8 Å². The molecular weight excluding hydrogens is 387 g/mol. The lowest BCUT2D eigenvalue weighted by molar-refractivity contribution is -0.0398. The number of H-pyrrole nitrogens is 1. The SMILES string of the molecule is CC(C)c1cc(C(=O)Nc2ccc(C[C@@H]3[C@H](F)CN3C(=O)OC(C)(C)C)cc2)n[nH]1. The molecule has 0 radical (unpaired) electrons. The van der Waals surface area contributed by atoms with Crippen LogP contribution in [0.1, 0.15) is 62.3 Å². The minimum Gasteiger partial charge on any atom is -0.444 e. The van der Waals surface area contributed by atoms with Gasteiger partial charge in [0.05, 0.1) is 12.6 Å². The number of hydrogen-bond donors (Lipinski definition) is 2. The van der Waals surface area contributed by atoms with Gasteiger partial charge in [-0.05, 0) is 56.9 Å². The third kappa shape index (κ3) is 5.17. The molecule has 30 heavy (non-hydrogen) atoms. The van der Waals surface area contributed by atoms with E-state index in [1.165, 1.54) is 4.90 Å². The first kappa shape index (κ1) is 21.8. The number of nitrogens with one attached hydrogen (secondary N) is 2. The Morgan fingerprint density at radius 3 is 2.50 bits per heavy atom. The van der Waals surface area contributed by atoms with Gasteiger partial charge in [-0.25, -0.2) is 9.18 Å². The molecule has 2 aromatic rings. The van der Waals surface area contributed by atoms with Crippen molar-refractivity contribution >= 4 is 17.7 Å². The minimum atomic E-state index is -1.08. The summed E-state index contributed by atoms with van der Waals surface area (Å²) in [5.74, 6) is -0.0470. The first-order valence-corrected chi connectivity index (χ1v) is 10.1. The highest BCUT2D eigenvalue weighted by atomic mass is 19.1. The van der Waals surface area contributed by atoms with Crippen molar-refractivity contribution in [2.24, 2.45) is 0 Å². The Hall–Kier alpha value is -2.90. The monoisotopic (exact) mass is 416 g/mol. The van der Waals surface area contributed by atoms with E-state index < -0.39 is 23.9 Å². The number of alkyl halides is 1. The summed E-state index contributed by atoms with van der Waals surface area (Å²) >= 11 is 0. The second-order valence-electron chi connectivity index (χ2n) is 8.93. The summed E-state index contributed by atoms with van der Waals surface area (Å²) in [6, 6.07) is 8.34. The Kier molecular flexibility index (Phi) is 6.14. The van der Waals surface area contributed by atoms with Crippen LogP contribution in [0.3, 0.4) is 0 Å². The number of amides is 2. The number of halogens is 1. The molecule has 0 aliphatic carbocycles. The summed E-state index contributed by atoms with van der Waals surface area (Å²) in [5.41, 5.74) is 2.09. The van der Waals surface area contributed by atoms with Gasteiger partial charge >= 0.3 is 6.09 Å². The number of nitrogens with zero attached hydrogens (tertiary/aromatic N) is 2. The molecule has 1 fully saturated rings. The van der Waals surface area contributed by atoms with Crippen LogP contribution in [0.5, 0.6) is 0 Å². The number of ether oxygens (including phenoxy) is 1. The molecule has 1 aliphatic rings. The number of aromatic amines is 1. The van der Waals surface area contributed by atoms with Crippen LogP contribution in [0, 0.1) is 0 Å². The summed E-state index contributed by atoms with van der Waals surface area (Å²) in [6.45, 7) is 9.43. The Bertz CT molecular complexity index is 902. The summed E-state index contributed by atoms with van der Waals surface area (Å²) in [5, 5.41) is 9.70. The highest BCUT2D eigenvalue weighted by Gasteiger charge is 2.44. The Morgan fingerprint density at radius 2 is 1.97 bits per heavy atom. The zero-order valence-corrected chi connectivity index (χ0v) is 18.0. The highest BCUT2D eigenvalue weighted by Crippen LogP contribution is 2.27. The maximum absolute atomic E-state index is 14.1. The Balaban J connectivity index is 1.58. The van der Waals surface area contributed by atoms with Gasteiger partial charge in [0.1, 0.15) is 11.8 Å². The van der Waals surface area contributed by atoms with E-state index in [1.54, 1.807) is 39.0 Å². The summed E-state index contributed by atoms with van der Waals surface area (Å²) in [4.78, 5) is 26.0. The molecule has 1 aliphatic heterocycles. The first-order chi connectivity index (χ1) is 14.0. The van der Waals surface area contributed by atoms with Gasteiger partial charge in [0.2, 0.25) is 0 Å². The molecule has 2 atom stereocenters. The van der Waals surface area contributed by atoms with Gasteiger partial charge in [0.25, 0.3) is 5.91 Å². The van der Waals surface area contributed by atoms with Crippen LogP contribution in [0.2, 0.25) is 0 Å². The van der Waals surface area contributed by atoms with E-state index in [4.69, 9.17) is 4.74 Å². The average molecular weight is 416 g/mol. The van der Waals surface area contributed by atoms with Gasteiger partial charge in [-0.15, -0.1) is 0 Å². The average Bonchev–Trinajstić information content (AvgIpc) is 3.14. The van der Waals surface area contributed by atoms with E-state index in [1.807, 2.05) is 26.0 Å². The van der Waals surface area contributed by atoms with Crippen molar-refractivity contribution in [1.82, 2.24) is 15.1 Å². The van der Waals surface area contributed by atoms with E-state index >= 15 is 0 Å². The van der Waals surface area contributed by atoms with Crippen molar-refractivity contribution < 1.29 is 18.7 Å². The van der Waals surface area contributed by atoms with Gasteiger partial charge in [-0.2, -0.15) is 5.10 Å². The van der Waals surface area contributed by atoms with Crippen molar-refractivity contribution in [2.75, 3.05) is 11.9 Å². The maximum Gasteiger partial charge on any atom is 0.410 e. The Morgan fingerprint density at radius 1 is 1.30 bits per heavy atom. The van der Waals surface area contributed by atoms with Crippen LogP contribution in [0.25, 0.3) is 0 Å². The predicted octanol–water partition coefficient (Wildman–Crippen LogP) is 4.29. The van der Waals surface area contributed by atoms with Crippen LogP contribution in [-0.2, 0) is 11.2 Å². The van der Waals surface area contributed by atoms with Crippen LogP contribution in [0.15, 0.2) is 30.3 Å². The fraction of sp³-hybridized carbons (Fsp3) is 0.500. The van der Waals surface area contributed by atoms with Gasteiger partial charge in [0, 0.05) is 11.4 Å². The van der Waals surface area contributed by atoms with Crippen LogP contribution in [0.4, 0.5) is 14.9 Å². The highest BCUT2D eigenvalue weighted by molar-refractivity contribution is 6.02. The number of hydrogen-bond acceptors (Lipinski definition) is 4. The van der Waals surface area contributed by atoms with Crippen LogP contribution >= 0.6 is 0 Å². The number of carbonyl (C=O) groups excluding carboxylic acids is 2. The fourth-order valence-electron chi connectivity index (χ4n) is 3.18. The zero-order valence-electron chi connectivity index (χ0n) is 18.0. The number of aromatic nitrogens is 2. The standard InChI is InChI=1S/C22H29FN4O3/c1-13(2)17-11-18(26-25-17)20(28)24-15-8-6-14(7-9-15)10-19-16(23)12-27(19)21(29)30-22(3,4)5/h6-9,11,13,16,19H,10,12H2,1-5H3,(H,24,28)(H,25,26)/t16-,19-/m1/s1. The van der Waals surface area contributed by atoms with Crippen LogP contribution in [-0.4, -0.2) is 51.5 Å². The molecule has 2 amide bonds. The molecule has 0 bridgehead atoms. The zero-order chi connectivity index (χ0) is 22.1. The molecule has 1 saturated heterocycles. The number of carbonyl (C=O) groups is 2. The predicted molar refractivity (Wildman–Crippen MR) is 112 cm³/mol. The molecule has 1 aromatic carbocycles. The maximum atomic E-state index is 14.1. The van der Waals surface area contributed by atoms with E-state index in [2.05, 4.69) is 15.5 Å². The molecule has 0 spiro atoms. The third-order valence-corrected chi connectivity index (χ3v) is 4.93. The molecular formula is C22H29FN4O3. The van der Waals surface area contributed by atoms with E-state index in [-0.39, 0.29) is 18.4 Å². The van der Waals surface area contributed by atoms with Crippen molar-refractivity contribution in [1.29, 1.82) is 0 Å². The fourth-order valence-corrected chi connectivity index (χ4v) is 3.18. The number of anilines is 1. The third-order valence-electron chi connectivity index (χ3n) is 4.93.